The zero-order valence-electron chi connectivity index (χ0n) is 7.24. The molecule has 0 rings (SSSR count). The van der Waals surface area contributed by atoms with E-state index in [1.807, 2.05) is 0 Å². The van der Waals surface area contributed by atoms with Gasteiger partial charge in [0.05, 0.1) is 0 Å². The third-order valence-corrected chi connectivity index (χ3v) is 5.01. The molecule has 0 fully saturated rings. The molecule has 0 bridgehead atoms. The Labute approximate surface area is 84.7 Å². The molecule has 0 aromatic heterocycles. The molecule has 0 aliphatic rings. The number of hydrogen-bond donors (Lipinski definition) is 6. The van der Waals surface area contributed by atoms with Crippen LogP contribution >= 0.6 is 23.4 Å². The molecule has 2 unspecified atom stereocenters. The quantitative estimate of drug-likeness (QED) is 0.231. The van der Waals surface area contributed by atoms with Crippen LogP contribution in [0.2, 0.25) is 0 Å². The highest BCUT2D eigenvalue weighted by atomic mass is 31.2. The second kappa shape index (κ2) is 6.78. The van der Waals surface area contributed by atoms with Crippen LogP contribution in [0.25, 0.3) is 0 Å². The van der Waals surface area contributed by atoms with Crippen LogP contribution in [0.3, 0.4) is 0 Å². The van der Waals surface area contributed by atoms with Gasteiger partial charge in [0.1, 0.15) is 0 Å². The standard InChI is InChI=1S/C2H8O7P2.HO3P/c1-2(10(4,5)6)11(7,8)9-3;1-4(2)3/h2-3H,1H3,(H,7,8)(H2,4,5,6);(H-,1,2,3)/p+1. The Balaban J connectivity index is 0. The van der Waals surface area contributed by atoms with Gasteiger partial charge in [-0.1, -0.05) is 0 Å². The van der Waals surface area contributed by atoms with Gasteiger partial charge in [0, 0.05) is 4.57 Å². The molecular formula is C2H10O10P3+. The molecule has 0 aliphatic heterocycles. The Morgan fingerprint density at radius 2 is 1.47 bits per heavy atom. The maximum atomic E-state index is 10.5. The largest absolute Gasteiger partial charge is 0.692 e. The van der Waals surface area contributed by atoms with Crippen molar-refractivity contribution >= 4 is 23.4 Å². The third-order valence-electron chi connectivity index (χ3n) is 1.08. The molecule has 13 heteroatoms. The van der Waals surface area contributed by atoms with Crippen LogP contribution in [0.4, 0.5) is 0 Å². The monoisotopic (exact) mass is 287 g/mol. The Hall–Kier alpha value is 0.280. The molecule has 0 heterocycles. The molecule has 2 atom stereocenters. The predicted octanol–water partition coefficient (Wildman–Crippen LogP) is -0.187. The SMILES string of the molecule is CC(P(=O)(O)O)P(=O)(O)OO.O=[P+](O)O. The van der Waals surface area contributed by atoms with Crippen LogP contribution in [-0.2, 0) is 18.4 Å². The zero-order chi connectivity index (χ0) is 12.9. The molecule has 15 heavy (non-hydrogen) atoms. The van der Waals surface area contributed by atoms with Crippen LogP contribution in [0.5, 0.6) is 0 Å². The van der Waals surface area contributed by atoms with Crippen molar-refractivity contribution < 1.29 is 48.1 Å². The van der Waals surface area contributed by atoms with Crippen molar-refractivity contribution in [2.75, 3.05) is 0 Å². The first kappa shape index (κ1) is 17.7. The Morgan fingerprint density at radius 1 is 1.20 bits per heavy atom. The summed E-state index contributed by atoms with van der Waals surface area (Å²) in [4.78, 5) is 39.4. The van der Waals surface area contributed by atoms with Gasteiger partial charge in [-0.3, -0.25) is 9.13 Å². The molecule has 0 aromatic carbocycles. The number of rotatable bonds is 3. The highest BCUT2D eigenvalue weighted by Gasteiger charge is 2.41. The van der Waals surface area contributed by atoms with Crippen molar-refractivity contribution in [1.29, 1.82) is 0 Å². The van der Waals surface area contributed by atoms with Crippen molar-refractivity contribution in [1.82, 2.24) is 0 Å². The van der Waals surface area contributed by atoms with Crippen molar-refractivity contribution in [2.45, 2.75) is 12.3 Å². The zero-order valence-corrected chi connectivity index (χ0v) is 9.92. The van der Waals surface area contributed by atoms with Crippen molar-refractivity contribution in [3.63, 3.8) is 0 Å². The maximum absolute atomic E-state index is 10.5. The summed E-state index contributed by atoms with van der Waals surface area (Å²) in [5.41, 5.74) is 0. The highest BCUT2D eigenvalue weighted by molar-refractivity contribution is 7.71. The molecule has 0 amide bonds. The third kappa shape index (κ3) is 9.22. The van der Waals surface area contributed by atoms with Gasteiger partial charge in [-0.25, -0.2) is 5.26 Å². The lowest BCUT2D eigenvalue weighted by Crippen LogP contribution is -2.05. The van der Waals surface area contributed by atoms with E-state index in [2.05, 4.69) is 4.67 Å². The molecule has 0 saturated heterocycles. The van der Waals surface area contributed by atoms with Crippen LogP contribution < -0.4 is 0 Å². The van der Waals surface area contributed by atoms with Gasteiger partial charge in [0.15, 0.2) is 5.40 Å². The van der Waals surface area contributed by atoms with Crippen molar-refractivity contribution in [3.8, 4) is 0 Å². The fourth-order valence-electron chi connectivity index (χ4n) is 0.258. The molecule has 6 N–H and O–H groups in total. The fourth-order valence-corrected chi connectivity index (χ4v) is 2.04. The summed E-state index contributed by atoms with van der Waals surface area (Å²) in [7, 11) is -12.2. The summed E-state index contributed by atoms with van der Waals surface area (Å²) in [6.07, 6.45) is 0. The first-order valence-electron chi connectivity index (χ1n) is 3.01. The normalized spacial score (nSPS) is 17.0. The van der Waals surface area contributed by atoms with E-state index in [9.17, 15) is 9.13 Å². The van der Waals surface area contributed by atoms with Crippen molar-refractivity contribution in [3.05, 3.63) is 0 Å². The van der Waals surface area contributed by atoms with E-state index in [4.69, 9.17) is 34.3 Å². The minimum Gasteiger partial charge on any atom is -0.324 e. The van der Waals surface area contributed by atoms with Gasteiger partial charge in [0.25, 0.3) is 0 Å². The van der Waals surface area contributed by atoms with Gasteiger partial charge in [-0.05, 0) is 6.92 Å². The van der Waals surface area contributed by atoms with E-state index < -0.39 is 28.8 Å². The van der Waals surface area contributed by atoms with E-state index in [-0.39, 0.29) is 0 Å². The van der Waals surface area contributed by atoms with E-state index in [0.29, 0.717) is 0 Å². The smallest absolute Gasteiger partial charge is 0.324 e. The van der Waals surface area contributed by atoms with E-state index >= 15 is 0 Å². The summed E-state index contributed by atoms with van der Waals surface area (Å²) < 4.78 is 32.6. The lowest BCUT2D eigenvalue weighted by Gasteiger charge is -2.15. The molecule has 0 aliphatic carbocycles. The van der Waals surface area contributed by atoms with E-state index in [1.165, 1.54) is 0 Å². The van der Waals surface area contributed by atoms with Gasteiger partial charge < -0.3 is 14.7 Å². The minimum atomic E-state index is -4.69. The van der Waals surface area contributed by atoms with Gasteiger partial charge in [-0.15, -0.1) is 9.79 Å². The summed E-state index contributed by atoms with van der Waals surface area (Å²) in [5, 5.41) is 5.85. The Morgan fingerprint density at radius 3 is 1.53 bits per heavy atom. The van der Waals surface area contributed by atoms with E-state index in [1.54, 1.807) is 0 Å². The van der Waals surface area contributed by atoms with Crippen LogP contribution in [0.15, 0.2) is 0 Å². The summed E-state index contributed by atoms with van der Waals surface area (Å²) in [6.45, 7) is 0.803. The van der Waals surface area contributed by atoms with Crippen molar-refractivity contribution in [2.24, 2.45) is 0 Å². The highest BCUT2D eigenvalue weighted by Crippen LogP contribution is 2.61. The molecule has 0 radical (unpaired) electrons. The van der Waals surface area contributed by atoms with Crippen LogP contribution in [0.1, 0.15) is 6.92 Å². The predicted molar refractivity (Wildman–Crippen MR) is 47.1 cm³/mol. The molecule has 92 valence electrons. The molecule has 10 nitrogen and oxygen atoms in total. The average molecular weight is 287 g/mol. The minimum absolute atomic E-state index is 0.803. The van der Waals surface area contributed by atoms with Gasteiger partial charge in [0.2, 0.25) is 0 Å². The lowest BCUT2D eigenvalue weighted by atomic mass is 11.0. The second-order valence-corrected chi connectivity index (χ2v) is 7.05. The molecular weight excluding hydrogens is 277 g/mol. The fraction of sp³-hybridized carbons (Fsp3) is 1.00. The molecule has 0 spiro atoms. The first-order chi connectivity index (χ1) is 6.45. The summed E-state index contributed by atoms with van der Waals surface area (Å²) in [6, 6.07) is 0. The summed E-state index contributed by atoms with van der Waals surface area (Å²) >= 11 is 0. The van der Waals surface area contributed by atoms with E-state index in [0.717, 1.165) is 6.92 Å². The van der Waals surface area contributed by atoms with Gasteiger partial charge in [-0.2, -0.15) is 4.67 Å². The van der Waals surface area contributed by atoms with Crippen LogP contribution in [0, 0.1) is 0 Å². The van der Waals surface area contributed by atoms with Gasteiger partial charge >= 0.3 is 23.4 Å². The maximum Gasteiger partial charge on any atom is 0.692 e. The topological polar surface area (TPSA) is 182 Å². The Kier molecular flexibility index (Phi) is 7.98. The molecule has 0 aromatic rings. The first-order valence-corrected chi connectivity index (χ1v) is 7.50. The average Bonchev–Trinajstić information content (AvgIpc) is 2.00. The lowest BCUT2D eigenvalue weighted by molar-refractivity contribution is -0.146. The number of hydrogen-bond acceptors (Lipinski definition) is 5. The summed E-state index contributed by atoms with van der Waals surface area (Å²) in [5.74, 6) is 0. The van der Waals surface area contributed by atoms with Crippen LogP contribution in [-0.4, -0.2) is 35.1 Å². The Bertz CT molecular complexity index is 287. The molecule has 0 saturated carbocycles. The second-order valence-electron chi connectivity index (χ2n) is 2.12.